The van der Waals surface area contributed by atoms with Crippen LogP contribution < -0.4 is 0 Å². The summed E-state index contributed by atoms with van der Waals surface area (Å²) in [5, 5.41) is 9.04. The molecule has 1 unspecified atom stereocenters. The molecule has 6 heteroatoms. The Morgan fingerprint density at radius 3 is 2.19 bits per heavy atom. The van der Waals surface area contributed by atoms with Crippen LogP contribution in [0.4, 0.5) is 4.79 Å². The first kappa shape index (κ1) is 16.1. The highest BCUT2D eigenvalue weighted by atomic mass is 16.4. The second-order valence-corrected chi connectivity index (χ2v) is 7.01. The molecule has 2 saturated heterocycles. The molecule has 0 aliphatic carbocycles. The number of aliphatic carboxylic acids is 1. The van der Waals surface area contributed by atoms with Gasteiger partial charge in [-0.05, 0) is 25.2 Å². The van der Waals surface area contributed by atoms with Gasteiger partial charge in [0.1, 0.15) is 6.04 Å². The average Bonchev–Trinajstić information content (AvgIpc) is 2.44. The van der Waals surface area contributed by atoms with Crippen LogP contribution in [-0.4, -0.2) is 77.1 Å². The Kier molecular flexibility index (Phi) is 4.76. The van der Waals surface area contributed by atoms with E-state index in [0.717, 1.165) is 19.5 Å². The van der Waals surface area contributed by atoms with Gasteiger partial charge in [-0.25, -0.2) is 4.79 Å². The fourth-order valence-corrected chi connectivity index (χ4v) is 3.24. The Bertz CT molecular complexity index is 403. The van der Waals surface area contributed by atoms with E-state index < -0.39 is 12.0 Å². The van der Waals surface area contributed by atoms with Crippen LogP contribution in [-0.2, 0) is 4.79 Å². The number of carboxylic acids is 1. The van der Waals surface area contributed by atoms with Gasteiger partial charge in [0.25, 0.3) is 0 Å². The summed E-state index contributed by atoms with van der Waals surface area (Å²) in [6.45, 7) is 10.3. The Hall–Kier alpha value is -1.30. The second kappa shape index (κ2) is 6.22. The molecule has 1 atom stereocenters. The van der Waals surface area contributed by atoms with E-state index in [0.29, 0.717) is 26.2 Å². The summed E-state index contributed by atoms with van der Waals surface area (Å²) in [4.78, 5) is 29.3. The summed E-state index contributed by atoms with van der Waals surface area (Å²) in [6, 6.07) is -0.360. The summed E-state index contributed by atoms with van der Waals surface area (Å²) < 4.78 is 0. The zero-order valence-electron chi connectivity index (χ0n) is 13.3. The van der Waals surface area contributed by atoms with Crippen LogP contribution in [0, 0.1) is 5.41 Å². The summed E-state index contributed by atoms with van der Waals surface area (Å²) >= 11 is 0. The smallest absolute Gasteiger partial charge is 0.320 e. The minimum atomic E-state index is -0.799. The Balaban J connectivity index is 1.87. The fourth-order valence-electron chi connectivity index (χ4n) is 3.24. The molecule has 0 spiro atoms. The molecule has 2 heterocycles. The van der Waals surface area contributed by atoms with Crippen molar-refractivity contribution in [3.8, 4) is 0 Å². The first-order valence-electron chi connectivity index (χ1n) is 7.81. The van der Waals surface area contributed by atoms with E-state index in [-0.39, 0.29) is 11.4 Å². The van der Waals surface area contributed by atoms with E-state index in [9.17, 15) is 9.59 Å². The molecule has 0 bridgehead atoms. The van der Waals surface area contributed by atoms with Crippen molar-refractivity contribution in [1.29, 1.82) is 0 Å². The molecule has 120 valence electrons. The van der Waals surface area contributed by atoms with Gasteiger partial charge < -0.3 is 14.9 Å². The van der Waals surface area contributed by atoms with Crippen LogP contribution in [0.5, 0.6) is 0 Å². The number of carbonyl (C=O) groups excluding carboxylic acids is 1. The topological polar surface area (TPSA) is 64.1 Å². The first-order chi connectivity index (χ1) is 9.80. The molecular weight excluding hydrogens is 270 g/mol. The monoisotopic (exact) mass is 297 g/mol. The Morgan fingerprint density at radius 1 is 1.05 bits per heavy atom. The lowest BCUT2D eigenvalue weighted by atomic mass is 9.84. The Morgan fingerprint density at radius 2 is 1.67 bits per heavy atom. The van der Waals surface area contributed by atoms with Crippen molar-refractivity contribution in [3.05, 3.63) is 0 Å². The number of piperazine rings is 1. The van der Waals surface area contributed by atoms with Crippen molar-refractivity contribution in [2.24, 2.45) is 5.41 Å². The van der Waals surface area contributed by atoms with E-state index in [1.54, 1.807) is 6.92 Å². The number of hydrogen-bond acceptors (Lipinski definition) is 3. The summed E-state index contributed by atoms with van der Waals surface area (Å²) in [7, 11) is 0. The normalized spacial score (nSPS) is 24.7. The number of nitrogens with zero attached hydrogens (tertiary/aromatic N) is 3. The number of carbonyl (C=O) groups is 2. The standard InChI is InChI=1S/C15H27N3O3/c1-12(13(19)20)16-7-9-17(10-8-16)14(21)18-6-4-5-15(2,3)11-18/h12H,4-11H2,1-3H3,(H,19,20). The van der Waals surface area contributed by atoms with Crippen molar-refractivity contribution in [3.63, 3.8) is 0 Å². The highest BCUT2D eigenvalue weighted by Crippen LogP contribution is 2.29. The molecule has 2 aliphatic rings. The molecule has 1 N–H and O–H groups in total. The number of hydrogen-bond donors (Lipinski definition) is 1. The number of piperidine rings is 1. The van der Waals surface area contributed by atoms with Crippen molar-refractivity contribution >= 4 is 12.0 Å². The van der Waals surface area contributed by atoms with E-state index in [2.05, 4.69) is 13.8 Å². The van der Waals surface area contributed by atoms with E-state index in [4.69, 9.17) is 5.11 Å². The quantitative estimate of drug-likeness (QED) is 0.835. The van der Waals surface area contributed by atoms with Crippen molar-refractivity contribution < 1.29 is 14.7 Å². The van der Waals surface area contributed by atoms with Crippen LogP contribution in [0.1, 0.15) is 33.6 Å². The zero-order chi connectivity index (χ0) is 15.6. The molecule has 2 aliphatic heterocycles. The molecule has 0 radical (unpaired) electrons. The van der Waals surface area contributed by atoms with Crippen molar-refractivity contribution in [2.75, 3.05) is 39.3 Å². The molecule has 2 fully saturated rings. The molecule has 0 aromatic rings. The fraction of sp³-hybridized carbons (Fsp3) is 0.867. The Labute approximate surface area is 126 Å². The molecular formula is C15H27N3O3. The minimum absolute atomic E-state index is 0.116. The lowest BCUT2D eigenvalue weighted by Gasteiger charge is -2.43. The molecule has 0 aromatic heterocycles. The van der Waals surface area contributed by atoms with Crippen LogP contribution in [0.3, 0.4) is 0 Å². The first-order valence-corrected chi connectivity index (χ1v) is 7.81. The molecule has 21 heavy (non-hydrogen) atoms. The zero-order valence-corrected chi connectivity index (χ0v) is 13.3. The van der Waals surface area contributed by atoms with Crippen LogP contribution in [0.2, 0.25) is 0 Å². The SMILES string of the molecule is CC(C(=O)O)N1CCN(C(=O)N2CCCC(C)(C)C2)CC1. The molecule has 2 amide bonds. The third kappa shape index (κ3) is 3.87. The average molecular weight is 297 g/mol. The number of urea groups is 1. The molecule has 6 nitrogen and oxygen atoms in total. The minimum Gasteiger partial charge on any atom is -0.480 e. The van der Waals surface area contributed by atoms with E-state index in [1.165, 1.54) is 6.42 Å². The maximum Gasteiger partial charge on any atom is 0.320 e. The summed E-state index contributed by atoms with van der Waals surface area (Å²) in [5.41, 5.74) is 0.202. The lowest BCUT2D eigenvalue weighted by molar-refractivity contribution is -0.143. The van der Waals surface area contributed by atoms with Gasteiger partial charge in [0.15, 0.2) is 0 Å². The number of amides is 2. The lowest BCUT2D eigenvalue weighted by Crippen LogP contribution is -2.57. The van der Waals surface area contributed by atoms with E-state index >= 15 is 0 Å². The van der Waals surface area contributed by atoms with Gasteiger partial charge >= 0.3 is 12.0 Å². The van der Waals surface area contributed by atoms with Gasteiger partial charge in [0.05, 0.1) is 0 Å². The third-order valence-corrected chi connectivity index (χ3v) is 4.66. The largest absolute Gasteiger partial charge is 0.480 e. The maximum absolute atomic E-state index is 12.6. The van der Waals surface area contributed by atoms with Crippen molar-refractivity contribution in [2.45, 2.75) is 39.7 Å². The number of carboxylic acid groups (broad SMARTS) is 1. The van der Waals surface area contributed by atoms with Gasteiger partial charge in [-0.15, -0.1) is 0 Å². The predicted molar refractivity (Wildman–Crippen MR) is 80.2 cm³/mol. The van der Waals surface area contributed by atoms with Gasteiger partial charge in [0, 0.05) is 39.3 Å². The number of rotatable bonds is 2. The number of likely N-dealkylation sites (tertiary alicyclic amines) is 1. The predicted octanol–water partition coefficient (Wildman–Crippen LogP) is 1.32. The van der Waals surface area contributed by atoms with Gasteiger partial charge in [-0.2, -0.15) is 0 Å². The van der Waals surface area contributed by atoms with E-state index in [1.807, 2.05) is 14.7 Å². The molecule has 2 rings (SSSR count). The molecule has 0 aromatic carbocycles. The van der Waals surface area contributed by atoms with Crippen LogP contribution in [0.15, 0.2) is 0 Å². The second-order valence-electron chi connectivity index (χ2n) is 7.01. The van der Waals surface area contributed by atoms with Crippen molar-refractivity contribution in [1.82, 2.24) is 14.7 Å². The highest BCUT2D eigenvalue weighted by Gasteiger charge is 2.33. The summed E-state index contributed by atoms with van der Waals surface area (Å²) in [6.07, 6.45) is 2.23. The maximum atomic E-state index is 12.6. The van der Waals surface area contributed by atoms with Gasteiger partial charge in [-0.3, -0.25) is 9.69 Å². The molecule has 0 saturated carbocycles. The van der Waals surface area contributed by atoms with Gasteiger partial charge in [-0.1, -0.05) is 13.8 Å². The third-order valence-electron chi connectivity index (χ3n) is 4.66. The van der Waals surface area contributed by atoms with Gasteiger partial charge in [0.2, 0.25) is 0 Å². The van der Waals surface area contributed by atoms with Crippen LogP contribution >= 0.6 is 0 Å². The van der Waals surface area contributed by atoms with Crippen LogP contribution in [0.25, 0.3) is 0 Å². The highest BCUT2D eigenvalue weighted by molar-refractivity contribution is 5.75. The summed E-state index contributed by atoms with van der Waals surface area (Å²) in [5.74, 6) is -0.799.